The molecule has 6 aromatic rings. The first-order valence-corrected chi connectivity index (χ1v) is 23.6. The third-order valence-corrected chi connectivity index (χ3v) is 11.9. The Bertz CT molecular complexity index is 2250. The molecular formula is C56H66N2O4. The fourth-order valence-electron chi connectivity index (χ4n) is 8.26. The molecule has 324 valence electrons. The van der Waals surface area contributed by atoms with E-state index in [4.69, 9.17) is 18.9 Å². The molecule has 0 amide bonds. The van der Waals surface area contributed by atoms with Gasteiger partial charge in [-0.25, -0.2) is 0 Å². The molecule has 0 aromatic heterocycles. The van der Waals surface area contributed by atoms with Gasteiger partial charge in [-0.05, 0) is 130 Å². The molecule has 62 heavy (non-hydrogen) atoms. The van der Waals surface area contributed by atoms with Gasteiger partial charge >= 0.3 is 0 Å². The molecule has 0 radical (unpaired) electrons. The summed E-state index contributed by atoms with van der Waals surface area (Å²) < 4.78 is 26.8. The van der Waals surface area contributed by atoms with Crippen LogP contribution < -0.4 is 18.9 Å². The molecule has 6 rings (SSSR count). The summed E-state index contributed by atoms with van der Waals surface area (Å²) >= 11 is 0. The number of hydrogen-bond acceptors (Lipinski definition) is 6. The molecule has 0 bridgehead atoms. The van der Waals surface area contributed by atoms with Crippen LogP contribution in [0.25, 0.3) is 54.6 Å². The molecule has 0 N–H and O–H groups in total. The van der Waals surface area contributed by atoms with E-state index in [9.17, 15) is 10.5 Å². The highest BCUT2D eigenvalue weighted by atomic mass is 16.5. The van der Waals surface area contributed by atoms with Crippen molar-refractivity contribution in [1.29, 1.82) is 10.5 Å². The van der Waals surface area contributed by atoms with Crippen LogP contribution in [0, 0.1) is 22.7 Å². The molecular weight excluding hydrogens is 765 g/mol. The average Bonchev–Trinajstić information content (AvgIpc) is 3.31. The van der Waals surface area contributed by atoms with Gasteiger partial charge in [-0.1, -0.05) is 129 Å². The third kappa shape index (κ3) is 11.8. The van der Waals surface area contributed by atoms with E-state index in [0.717, 1.165) is 142 Å². The normalized spacial score (nSPS) is 11.2. The van der Waals surface area contributed by atoms with E-state index in [1.807, 2.05) is 48.5 Å². The lowest BCUT2D eigenvalue weighted by Crippen LogP contribution is -2.03. The van der Waals surface area contributed by atoms with Gasteiger partial charge in [-0.3, -0.25) is 0 Å². The molecule has 6 heteroatoms. The second-order valence-corrected chi connectivity index (χ2v) is 16.6. The van der Waals surface area contributed by atoms with Crippen molar-refractivity contribution in [2.24, 2.45) is 0 Å². The highest BCUT2D eigenvalue weighted by molar-refractivity contribution is 6.27. The van der Waals surface area contributed by atoms with E-state index in [0.29, 0.717) is 37.6 Å². The Morgan fingerprint density at radius 3 is 0.903 bits per heavy atom. The summed E-state index contributed by atoms with van der Waals surface area (Å²) in [7, 11) is 0. The summed E-state index contributed by atoms with van der Waals surface area (Å²) in [6.07, 6.45) is 17.8. The van der Waals surface area contributed by atoms with Crippen LogP contribution in [0.15, 0.2) is 84.9 Å². The number of benzene rings is 6. The Morgan fingerprint density at radius 1 is 0.339 bits per heavy atom. The molecule has 0 unspecified atom stereocenters. The standard InChI is InChI=1S/C56H66N2O4/c1-5-9-13-17-29-59-53-35-49-47(33-45(53)43-25-21-41(39-57)22-26-43)51-37-55(61-31-19-15-11-7-3)56(62-32-20-16-12-8-4)38-52(51)48-34-46(44-27-23-42(40-58)24-28-44)54(36-50(48)49)60-30-18-14-10-6-2/h21-28,33-38H,5-20,29-32H2,1-4H3. The van der Waals surface area contributed by atoms with Crippen molar-refractivity contribution >= 4 is 32.3 Å². The summed E-state index contributed by atoms with van der Waals surface area (Å²) in [5.41, 5.74) is 5.20. The van der Waals surface area contributed by atoms with Crippen LogP contribution in [0.1, 0.15) is 142 Å². The number of nitrogens with zero attached hydrogens (tertiary/aromatic N) is 2. The van der Waals surface area contributed by atoms with Gasteiger partial charge in [0.15, 0.2) is 11.5 Å². The monoisotopic (exact) mass is 831 g/mol. The predicted molar refractivity (Wildman–Crippen MR) is 258 cm³/mol. The molecule has 0 aliphatic carbocycles. The first-order chi connectivity index (χ1) is 30.5. The molecule has 6 aromatic carbocycles. The van der Waals surface area contributed by atoms with Crippen LogP contribution in [-0.2, 0) is 0 Å². The van der Waals surface area contributed by atoms with Gasteiger partial charge in [-0.2, -0.15) is 10.5 Å². The molecule has 0 aliphatic heterocycles. The fraction of sp³-hybridized carbons (Fsp3) is 0.429. The summed E-state index contributed by atoms with van der Waals surface area (Å²) in [4.78, 5) is 0. The molecule has 0 saturated carbocycles. The van der Waals surface area contributed by atoms with Crippen molar-refractivity contribution in [1.82, 2.24) is 0 Å². The molecule has 0 spiro atoms. The van der Waals surface area contributed by atoms with Crippen LogP contribution >= 0.6 is 0 Å². The number of rotatable bonds is 26. The zero-order valence-electron chi connectivity index (χ0n) is 37.8. The number of fused-ring (bicyclic) bond motifs is 6. The second kappa shape index (κ2) is 24.1. The molecule has 0 saturated heterocycles. The predicted octanol–water partition coefficient (Wildman–Crippen LogP) is 16.1. The van der Waals surface area contributed by atoms with Gasteiger partial charge < -0.3 is 18.9 Å². The summed E-state index contributed by atoms with van der Waals surface area (Å²) in [5, 5.41) is 25.7. The van der Waals surface area contributed by atoms with E-state index in [1.165, 1.54) is 38.5 Å². The quantitative estimate of drug-likeness (QED) is 0.0400. The second-order valence-electron chi connectivity index (χ2n) is 16.6. The van der Waals surface area contributed by atoms with E-state index >= 15 is 0 Å². The minimum absolute atomic E-state index is 0.615. The first kappa shape index (κ1) is 45.8. The van der Waals surface area contributed by atoms with Gasteiger partial charge in [0, 0.05) is 11.1 Å². The van der Waals surface area contributed by atoms with Crippen molar-refractivity contribution in [2.45, 2.75) is 130 Å². The van der Waals surface area contributed by atoms with Crippen molar-refractivity contribution in [2.75, 3.05) is 26.4 Å². The van der Waals surface area contributed by atoms with E-state index in [2.05, 4.69) is 76.2 Å². The number of nitriles is 2. The summed E-state index contributed by atoms with van der Waals surface area (Å²) in [6.45, 7) is 11.4. The number of hydrogen-bond donors (Lipinski definition) is 0. The molecule has 0 fully saturated rings. The zero-order valence-corrected chi connectivity index (χ0v) is 37.8. The Balaban J connectivity index is 1.64. The van der Waals surface area contributed by atoms with Crippen LogP contribution in [0.3, 0.4) is 0 Å². The van der Waals surface area contributed by atoms with E-state index in [-0.39, 0.29) is 0 Å². The Labute approximate surface area is 370 Å². The van der Waals surface area contributed by atoms with Gasteiger partial charge in [0.05, 0.1) is 49.7 Å². The van der Waals surface area contributed by atoms with Crippen molar-refractivity contribution in [3.8, 4) is 57.4 Å². The van der Waals surface area contributed by atoms with Crippen LogP contribution in [0.5, 0.6) is 23.0 Å². The minimum Gasteiger partial charge on any atom is -0.493 e. The molecule has 0 aliphatic rings. The van der Waals surface area contributed by atoms with Gasteiger partial charge in [0.2, 0.25) is 0 Å². The maximum atomic E-state index is 9.66. The lowest BCUT2D eigenvalue weighted by molar-refractivity contribution is 0.259. The van der Waals surface area contributed by atoms with Crippen LogP contribution in [0.2, 0.25) is 0 Å². The van der Waals surface area contributed by atoms with E-state index < -0.39 is 0 Å². The SMILES string of the molecule is CCCCCCOc1cc2c(cc1OCCCCCC)c1cc(-c3ccc(C#N)cc3)c(OCCCCCC)cc1c1cc(OCCCCCC)c(-c3ccc(C#N)cc3)cc21. The third-order valence-electron chi connectivity index (χ3n) is 11.9. The van der Waals surface area contributed by atoms with Gasteiger partial charge in [0.1, 0.15) is 11.5 Å². The zero-order chi connectivity index (χ0) is 43.5. The van der Waals surface area contributed by atoms with Gasteiger partial charge in [-0.15, -0.1) is 0 Å². The van der Waals surface area contributed by atoms with Crippen LogP contribution in [-0.4, -0.2) is 26.4 Å². The largest absolute Gasteiger partial charge is 0.493 e. The lowest BCUT2D eigenvalue weighted by Gasteiger charge is -2.21. The molecule has 0 atom stereocenters. The Kier molecular flexibility index (Phi) is 17.8. The maximum Gasteiger partial charge on any atom is 0.161 e. The van der Waals surface area contributed by atoms with Crippen molar-refractivity contribution in [3.05, 3.63) is 96.1 Å². The number of ether oxygens (including phenoxy) is 4. The maximum absolute atomic E-state index is 9.66. The topological polar surface area (TPSA) is 84.5 Å². The van der Waals surface area contributed by atoms with Crippen molar-refractivity contribution in [3.63, 3.8) is 0 Å². The molecule has 6 nitrogen and oxygen atoms in total. The lowest BCUT2D eigenvalue weighted by atomic mass is 9.89. The summed E-state index contributed by atoms with van der Waals surface area (Å²) in [6, 6.07) is 33.6. The summed E-state index contributed by atoms with van der Waals surface area (Å²) in [5.74, 6) is 3.16. The fourth-order valence-corrected chi connectivity index (χ4v) is 8.26. The average molecular weight is 831 g/mol. The smallest absolute Gasteiger partial charge is 0.161 e. The minimum atomic E-state index is 0.615. The van der Waals surface area contributed by atoms with Crippen LogP contribution in [0.4, 0.5) is 0 Å². The first-order valence-electron chi connectivity index (χ1n) is 23.6. The number of unbranched alkanes of at least 4 members (excludes halogenated alkanes) is 12. The highest BCUT2D eigenvalue weighted by Gasteiger charge is 2.21. The Morgan fingerprint density at radius 2 is 0.613 bits per heavy atom. The molecule has 0 heterocycles. The van der Waals surface area contributed by atoms with E-state index in [1.54, 1.807) is 0 Å². The Hall–Kier alpha value is -5.72. The van der Waals surface area contributed by atoms with Crippen molar-refractivity contribution < 1.29 is 18.9 Å². The highest BCUT2D eigenvalue weighted by Crippen LogP contribution is 2.47. The van der Waals surface area contributed by atoms with Gasteiger partial charge in [0.25, 0.3) is 0 Å².